The summed E-state index contributed by atoms with van der Waals surface area (Å²) in [7, 11) is 0. The molecular weight excluding hydrogens is 474 g/mol. The van der Waals surface area contributed by atoms with Gasteiger partial charge in [-0.15, -0.1) is 0 Å². The van der Waals surface area contributed by atoms with Gasteiger partial charge in [-0.3, -0.25) is 9.59 Å². The Labute approximate surface area is 220 Å². The van der Waals surface area contributed by atoms with Crippen molar-refractivity contribution in [1.29, 1.82) is 0 Å². The van der Waals surface area contributed by atoms with Gasteiger partial charge in [-0.2, -0.15) is 0 Å². The predicted octanol–water partition coefficient (Wildman–Crippen LogP) is 2.30. The van der Waals surface area contributed by atoms with Crippen LogP contribution in [0.5, 0.6) is 0 Å². The highest BCUT2D eigenvalue weighted by atomic mass is 16.5. The van der Waals surface area contributed by atoms with E-state index < -0.39 is 43.4 Å². The van der Waals surface area contributed by atoms with Crippen molar-refractivity contribution in [2.75, 3.05) is 19.8 Å². The molecule has 0 saturated heterocycles. The van der Waals surface area contributed by atoms with Crippen LogP contribution in [0.4, 0.5) is 0 Å². The quantitative estimate of drug-likeness (QED) is 0.129. The number of hydrogen-bond acceptors (Lipinski definition) is 7. The molecule has 1 aliphatic carbocycles. The Morgan fingerprint density at radius 2 is 1.89 bits per heavy atom. The smallest absolute Gasteiger partial charge is 0.313 e. The highest BCUT2D eigenvalue weighted by Gasteiger charge is 2.43. The zero-order chi connectivity index (χ0) is 27.0. The van der Waals surface area contributed by atoms with E-state index in [1.54, 1.807) is 6.08 Å². The maximum Gasteiger partial charge on any atom is 0.313 e. The molecule has 5 unspecified atom stereocenters. The average Bonchev–Trinajstić information content (AvgIpc) is 3.18. The molecule has 37 heavy (non-hydrogen) atoms. The number of amides is 1. The van der Waals surface area contributed by atoms with Gasteiger partial charge in [0, 0.05) is 31.2 Å². The summed E-state index contributed by atoms with van der Waals surface area (Å²) in [5.41, 5.74) is 1.14. The van der Waals surface area contributed by atoms with Crippen molar-refractivity contribution in [3.63, 3.8) is 0 Å². The van der Waals surface area contributed by atoms with Gasteiger partial charge in [0.1, 0.15) is 12.0 Å². The Hall–Kier alpha value is -2.52. The molecule has 0 radical (unpaired) electrons. The molecule has 0 bridgehead atoms. The number of carbonyl (C=O) groups is 2. The van der Waals surface area contributed by atoms with Gasteiger partial charge in [0.25, 0.3) is 0 Å². The summed E-state index contributed by atoms with van der Waals surface area (Å²) in [6.07, 6.45) is 9.42. The molecule has 0 aromatic heterocycles. The number of aliphatic hydroxyl groups is 4. The number of aryl methyl sites for hydroxylation is 1. The Balaban J connectivity index is 2.01. The molecule has 206 valence electrons. The molecule has 1 aromatic carbocycles. The second-order valence-electron chi connectivity index (χ2n) is 9.61. The standard InChI is InChI=1S/C29H43NO7/c1-2-30-28(35)13-9-4-3-8-12-25-24(17-16-23(33)15-14-21-10-6-5-7-11-21)26(34)18-27(25)37-29(36)22(19-31)20-32/h3,5-8,10-11,16-17,22-27,31-34H,2,4,9,12-15,18-20H2,1H3,(H,30,35). The first-order chi connectivity index (χ1) is 17.9. The number of hydrogen-bond donors (Lipinski definition) is 5. The monoisotopic (exact) mass is 517 g/mol. The van der Waals surface area contributed by atoms with Gasteiger partial charge in [0.05, 0.1) is 25.4 Å². The van der Waals surface area contributed by atoms with E-state index in [1.807, 2.05) is 55.5 Å². The molecule has 2 rings (SSSR count). The van der Waals surface area contributed by atoms with E-state index in [2.05, 4.69) is 5.32 Å². The van der Waals surface area contributed by atoms with E-state index in [-0.39, 0.29) is 24.2 Å². The first kappa shape index (κ1) is 30.7. The largest absolute Gasteiger partial charge is 0.462 e. The highest BCUT2D eigenvalue weighted by Crippen LogP contribution is 2.38. The summed E-state index contributed by atoms with van der Waals surface area (Å²) in [6, 6.07) is 9.90. The topological polar surface area (TPSA) is 136 Å². The predicted molar refractivity (Wildman–Crippen MR) is 141 cm³/mol. The molecule has 0 heterocycles. The highest BCUT2D eigenvalue weighted by molar-refractivity contribution is 5.75. The zero-order valence-corrected chi connectivity index (χ0v) is 21.7. The van der Waals surface area contributed by atoms with Crippen LogP contribution in [0.1, 0.15) is 51.0 Å². The molecule has 5 atom stereocenters. The number of unbranched alkanes of at least 4 members (excludes halogenated alkanes) is 1. The molecule has 1 aliphatic rings. The maximum absolute atomic E-state index is 12.4. The lowest BCUT2D eigenvalue weighted by molar-refractivity contribution is -0.159. The van der Waals surface area contributed by atoms with Crippen LogP contribution >= 0.6 is 0 Å². The minimum absolute atomic E-state index is 0.0279. The molecule has 1 aromatic rings. The van der Waals surface area contributed by atoms with Crippen molar-refractivity contribution in [2.24, 2.45) is 17.8 Å². The summed E-state index contributed by atoms with van der Waals surface area (Å²) in [5.74, 6) is -2.23. The number of rotatable bonds is 16. The van der Waals surface area contributed by atoms with Crippen molar-refractivity contribution in [3.8, 4) is 0 Å². The van der Waals surface area contributed by atoms with Crippen LogP contribution in [-0.4, -0.2) is 70.4 Å². The van der Waals surface area contributed by atoms with Crippen molar-refractivity contribution in [2.45, 2.75) is 70.2 Å². The summed E-state index contributed by atoms with van der Waals surface area (Å²) in [5, 5.41) is 42.7. The molecule has 1 fully saturated rings. The SMILES string of the molecule is CCNC(=O)CCCC=CCC1C(OC(=O)C(CO)CO)CC(O)C1C=CC(O)CCc1ccccc1. The summed E-state index contributed by atoms with van der Waals surface area (Å²) < 4.78 is 5.62. The molecule has 1 saturated carbocycles. The normalized spacial score (nSPS) is 22.6. The molecular formula is C29H43NO7. The third-order valence-electron chi connectivity index (χ3n) is 6.78. The number of benzene rings is 1. The Morgan fingerprint density at radius 3 is 2.57 bits per heavy atom. The summed E-state index contributed by atoms with van der Waals surface area (Å²) in [4.78, 5) is 24.0. The molecule has 8 heteroatoms. The van der Waals surface area contributed by atoms with Crippen LogP contribution in [0.2, 0.25) is 0 Å². The Morgan fingerprint density at radius 1 is 1.16 bits per heavy atom. The van der Waals surface area contributed by atoms with E-state index >= 15 is 0 Å². The minimum atomic E-state index is -1.02. The molecule has 8 nitrogen and oxygen atoms in total. The van der Waals surface area contributed by atoms with Gasteiger partial charge >= 0.3 is 5.97 Å². The number of carbonyl (C=O) groups excluding carboxylic acids is 2. The molecule has 1 amide bonds. The van der Waals surface area contributed by atoms with E-state index in [0.29, 0.717) is 25.8 Å². The van der Waals surface area contributed by atoms with Crippen molar-refractivity contribution < 1.29 is 34.8 Å². The third-order valence-corrected chi connectivity index (χ3v) is 6.78. The first-order valence-corrected chi connectivity index (χ1v) is 13.3. The van der Waals surface area contributed by atoms with Crippen molar-refractivity contribution >= 4 is 11.9 Å². The lowest BCUT2D eigenvalue weighted by Crippen LogP contribution is -2.31. The van der Waals surface area contributed by atoms with E-state index in [1.165, 1.54) is 0 Å². The van der Waals surface area contributed by atoms with E-state index in [4.69, 9.17) is 4.74 Å². The number of allylic oxidation sites excluding steroid dienone is 2. The van der Waals surface area contributed by atoms with Gasteiger partial charge < -0.3 is 30.5 Å². The van der Waals surface area contributed by atoms with Crippen LogP contribution in [0.15, 0.2) is 54.6 Å². The number of ether oxygens (including phenoxy) is 1. The minimum Gasteiger partial charge on any atom is -0.462 e. The lowest BCUT2D eigenvalue weighted by atomic mass is 9.89. The van der Waals surface area contributed by atoms with Crippen LogP contribution in [0, 0.1) is 17.8 Å². The lowest BCUT2D eigenvalue weighted by Gasteiger charge is -2.24. The van der Waals surface area contributed by atoms with E-state index in [0.717, 1.165) is 24.8 Å². The molecule has 0 aliphatic heterocycles. The van der Waals surface area contributed by atoms with E-state index in [9.17, 15) is 30.0 Å². The number of aliphatic hydroxyl groups excluding tert-OH is 4. The van der Waals surface area contributed by atoms with Gasteiger partial charge in [0.15, 0.2) is 0 Å². The summed E-state index contributed by atoms with van der Waals surface area (Å²) in [6.45, 7) is 1.46. The van der Waals surface area contributed by atoms with Crippen molar-refractivity contribution in [3.05, 3.63) is 60.2 Å². The second-order valence-corrected chi connectivity index (χ2v) is 9.61. The van der Waals surface area contributed by atoms with Crippen LogP contribution in [0.3, 0.4) is 0 Å². The number of nitrogens with one attached hydrogen (secondary N) is 1. The second kappa shape index (κ2) is 17.1. The van der Waals surface area contributed by atoms with Gasteiger partial charge in [-0.05, 0) is 44.6 Å². The Kier molecular flexibility index (Phi) is 14.2. The summed E-state index contributed by atoms with van der Waals surface area (Å²) >= 11 is 0. The van der Waals surface area contributed by atoms with Crippen molar-refractivity contribution in [1.82, 2.24) is 5.32 Å². The molecule has 0 spiro atoms. The average molecular weight is 518 g/mol. The number of esters is 1. The fraction of sp³-hybridized carbons (Fsp3) is 0.586. The zero-order valence-electron chi connectivity index (χ0n) is 21.7. The van der Waals surface area contributed by atoms with Gasteiger partial charge in [-0.1, -0.05) is 54.6 Å². The fourth-order valence-corrected chi connectivity index (χ4v) is 4.62. The van der Waals surface area contributed by atoms with Crippen LogP contribution in [-0.2, 0) is 20.7 Å². The van der Waals surface area contributed by atoms with Crippen LogP contribution in [0.25, 0.3) is 0 Å². The fourth-order valence-electron chi connectivity index (χ4n) is 4.62. The van der Waals surface area contributed by atoms with Gasteiger partial charge in [-0.25, -0.2) is 0 Å². The van der Waals surface area contributed by atoms with Gasteiger partial charge in [0.2, 0.25) is 5.91 Å². The third kappa shape index (κ3) is 10.8. The van der Waals surface area contributed by atoms with Crippen LogP contribution < -0.4 is 5.32 Å². The molecule has 5 N–H and O–H groups in total. The first-order valence-electron chi connectivity index (χ1n) is 13.3. The maximum atomic E-state index is 12.4. The Bertz CT molecular complexity index is 853.